The Morgan fingerprint density at radius 1 is 1.14 bits per heavy atom. The van der Waals surface area contributed by atoms with Gasteiger partial charge in [0.15, 0.2) is 5.79 Å². The molecule has 1 aliphatic heterocycles. The van der Waals surface area contributed by atoms with Crippen molar-refractivity contribution in [3.63, 3.8) is 0 Å². The molecule has 4 rings (SSSR count). The molecular formula is C11H14O3. The zero-order valence-corrected chi connectivity index (χ0v) is 8.07. The number of ether oxygens (including phenoxy) is 2. The summed E-state index contributed by atoms with van der Waals surface area (Å²) in [6, 6.07) is 0. The van der Waals surface area contributed by atoms with Crippen LogP contribution >= 0.6 is 0 Å². The number of Topliss-reactive ketones (excluding diaryl/α,β-unsaturated/α-hetero) is 1. The highest BCUT2D eigenvalue weighted by Crippen LogP contribution is 2.68. The van der Waals surface area contributed by atoms with Gasteiger partial charge in [0.2, 0.25) is 0 Å². The Kier molecular flexibility index (Phi) is 1.24. The van der Waals surface area contributed by atoms with Crippen LogP contribution in [0.4, 0.5) is 0 Å². The molecule has 3 unspecified atom stereocenters. The summed E-state index contributed by atoms with van der Waals surface area (Å²) < 4.78 is 11.6. The third-order valence-corrected chi connectivity index (χ3v) is 4.79. The van der Waals surface area contributed by atoms with Crippen LogP contribution < -0.4 is 0 Å². The smallest absolute Gasteiger partial charge is 0.175 e. The van der Waals surface area contributed by atoms with Crippen molar-refractivity contribution in [2.24, 2.45) is 23.7 Å². The first-order valence-corrected chi connectivity index (χ1v) is 5.63. The Morgan fingerprint density at radius 2 is 1.93 bits per heavy atom. The summed E-state index contributed by atoms with van der Waals surface area (Å²) >= 11 is 0. The average molecular weight is 194 g/mol. The van der Waals surface area contributed by atoms with Crippen molar-refractivity contribution in [3.05, 3.63) is 0 Å². The molecule has 0 radical (unpaired) electrons. The number of rotatable bonds is 0. The molecule has 3 heteroatoms. The van der Waals surface area contributed by atoms with Gasteiger partial charge in [-0.3, -0.25) is 4.79 Å². The van der Waals surface area contributed by atoms with Crippen molar-refractivity contribution >= 4 is 5.78 Å². The molecule has 1 spiro atoms. The minimum atomic E-state index is -0.314. The number of hydrogen-bond donors (Lipinski definition) is 0. The van der Waals surface area contributed by atoms with E-state index in [1.165, 1.54) is 0 Å². The third kappa shape index (κ3) is 0.625. The number of hydrogen-bond acceptors (Lipinski definition) is 3. The standard InChI is InChI=1S/C11H14O3/c12-9-5-8-10-6(9)1-2-7(10)11(8)13-3-4-14-11/h6-8,10H,1-5H2/t6?,7-,8?,10?/m0/s1. The van der Waals surface area contributed by atoms with Gasteiger partial charge in [-0.1, -0.05) is 0 Å². The minimum Gasteiger partial charge on any atom is -0.347 e. The van der Waals surface area contributed by atoms with Crippen LogP contribution in [0.25, 0.3) is 0 Å². The van der Waals surface area contributed by atoms with Gasteiger partial charge in [0.05, 0.1) is 13.2 Å². The highest BCUT2D eigenvalue weighted by molar-refractivity contribution is 5.85. The molecule has 1 saturated heterocycles. The predicted octanol–water partition coefficient (Wildman–Crippen LogP) is 0.974. The monoisotopic (exact) mass is 194 g/mol. The van der Waals surface area contributed by atoms with E-state index >= 15 is 0 Å². The van der Waals surface area contributed by atoms with E-state index in [4.69, 9.17) is 9.47 Å². The lowest BCUT2D eigenvalue weighted by Crippen LogP contribution is -2.60. The minimum absolute atomic E-state index is 0.314. The molecule has 0 bridgehead atoms. The molecule has 14 heavy (non-hydrogen) atoms. The maximum absolute atomic E-state index is 11.7. The summed E-state index contributed by atoms with van der Waals surface area (Å²) in [5.41, 5.74) is 0. The number of ketones is 1. The van der Waals surface area contributed by atoms with Crippen molar-refractivity contribution < 1.29 is 14.3 Å². The van der Waals surface area contributed by atoms with Crippen LogP contribution in [0.1, 0.15) is 19.3 Å². The lowest BCUT2D eigenvalue weighted by atomic mass is 9.62. The number of carbonyl (C=O) groups is 1. The van der Waals surface area contributed by atoms with Crippen molar-refractivity contribution in [1.82, 2.24) is 0 Å². The molecule has 0 aromatic carbocycles. The number of fused-ring (bicyclic) bond motifs is 2. The molecule has 76 valence electrons. The largest absolute Gasteiger partial charge is 0.347 e. The second kappa shape index (κ2) is 2.22. The van der Waals surface area contributed by atoms with Crippen molar-refractivity contribution in [2.45, 2.75) is 25.0 Å². The number of carbonyl (C=O) groups excluding carboxylic acids is 1. The second-order valence-corrected chi connectivity index (χ2v) is 5.06. The highest BCUT2D eigenvalue weighted by Gasteiger charge is 2.73. The maximum atomic E-state index is 11.7. The molecule has 4 atom stereocenters. The molecule has 4 fully saturated rings. The van der Waals surface area contributed by atoms with Gasteiger partial charge in [-0.2, -0.15) is 0 Å². The van der Waals surface area contributed by atoms with Crippen LogP contribution in [0.5, 0.6) is 0 Å². The third-order valence-electron chi connectivity index (χ3n) is 4.79. The SMILES string of the molecule is O=C1CC2C3C1CC[C@@H]3C21OCCO1. The predicted molar refractivity (Wildman–Crippen MR) is 47.5 cm³/mol. The van der Waals surface area contributed by atoms with Gasteiger partial charge < -0.3 is 9.47 Å². The molecule has 1 heterocycles. The van der Waals surface area contributed by atoms with Crippen LogP contribution in [0.3, 0.4) is 0 Å². The van der Waals surface area contributed by atoms with E-state index in [-0.39, 0.29) is 5.79 Å². The zero-order chi connectivity index (χ0) is 9.34. The molecule has 0 N–H and O–H groups in total. The quantitative estimate of drug-likeness (QED) is 0.576. The summed E-state index contributed by atoms with van der Waals surface area (Å²) in [6.45, 7) is 1.44. The van der Waals surface area contributed by atoms with Gasteiger partial charge in [-0.05, 0) is 18.8 Å². The summed E-state index contributed by atoms with van der Waals surface area (Å²) in [6.07, 6.45) is 2.93. The maximum Gasteiger partial charge on any atom is 0.175 e. The first-order valence-electron chi connectivity index (χ1n) is 5.63. The van der Waals surface area contributed by atoms with Gasteiger partial charge in [0, 0.05) is 24.2 Å². The Bertz CT molecular complexity index is 306. The summed E-state index contributed by atoms with van der Waals surface area (Å²) in [4.78, 5) is 11.7. The molecular weight excluding hydrogens is 180 g/mol. The summed E-state index contributed by atoms with van der Waals surface area (Å²) in [5.74, 6) is 2.06. The van der Waals surface area contributed by atoms with Crippen LogP contribution in [0, 0.1) is 23.7 Å². The topological polar surface area (TPSA) is 35.5 Å². The molecule has 0 aromatic heterocycles. The first-order chi connectivity index (χ1) is 6.83. The van der Waals surface area contributed by atoms with Crippen LogP contribution in [-0.4, -0.2) is 24.8 Å². The Hall–Kier alpha value is -0.410. The fourth-order valence-corrected chi connectivity index (χ4v) is 4.37. The average Bonchev–Trinajstić information content (AvgIpc) is 2.80. The molecule has 3 saturated carbocycles. The molecule has 3 nitrogen and oxygen atoms in total. The van der Waals surface area contributed by atoms with Crippen molar-refractivity contribution in [3.8, 4) is 0 Å². The zero-order valence-electron chi connectivity index (χ0n) is 8.07. The molecule has 0 amide bonds. The Labute approximate surface area is 82.8 Å². The van der Waals surface area contributed by atoms with E-state index in [9.17, 15) is 4.79 Å². The van der Waals surface area contributed by atoms with Crippen LogP contribution in [0.15, 0.2) is 0 Å². The summed E-state index contributed by atoms with van der Waals surface area (Å²) in [7, 11) is 0. The van der Waals surface area contributed by atoms with E-state index in [1.807, 2.05) is 0 Å². The molecule has 4 aliphatic rings. The molecule has 0 aromatic rings. The van der Waals surface area contributed by atoms with Crippen LogP contribution in [0.2, 0.25) is 0 Å². The fraction of sp³-hybridized carbons (Fsp3) is 0.909. The van der Waals surface area contributed by atoms with Crippen molar-refractivity contribution in [1.29, 1.82) is 0 Å². The van der Waals surface area contributed by atoms with Crippen molar-refractivity contribution in [2.75, 3.05) is 13.2 Å². The van der Waals surface area contributed by atoms with E-state index < -0.39 is 0 Å². The van der Waals surface area contributed by atoms with Gasteiger partial charge in [-0.25, -0.2) is 0 Å². The van der Waals surface area contributed by atoms with Gasteiger partial charge >= 0.3 is 0 Å². The Balaban J connectivity index is 1.76. The van der Waals surface area contributed by atoms with Crippen LogP contribution in [-0.2, 0) is 14.3 Å². The normalized spacial score (nSPS) is 52.4. The van der Waals surface area contributed by atoms with Gasteiger partial charge in [0.25, 0.3) is 0 Å². The van der Waals surface area contributed by atoms with Gasteiger partial charge in [0.1, 0.15) is 5.78 Å². The highest BCUT2D eigenvalue weighted by atomic mass is 16.7. The lowest BCUT2D eigenvalue weighted by molar-refractivity contribution is -0.307. The second-order valence-electron chi connectivity index (χ2n) is 5.06. The van der Waals surface area contributed by atoms with Gasteiger partial charge in [-0.15, -0.1) is 0 Å². The van der Waals surface area contributed by atoms with E-state index in [2.05, 4.69) is 0 Å². The van der Waals surface area contributed by atoms with E-state index in [0.717, 1.165) is 26.1 Å². The first kappa shape index (κ1) is 7.83. The van der Waals surface area contributed by atoms with E-state index in [1.54, 1.807) is 0 Å². The fourth-order valence-electron chi connectivity index (χ4n) is 4.37. The molecule has 3 aliphatic carbocycles. The van der Waals surface area contributed by atoms with E-state index in [0.29, 0.717) is 35.9 Å². The summed E-state index contributed by atoms with van der Waals surface area (Å²) in [5, 5.41) is 0. The lowest BCUT2D eigenvalue weighted by Gasteiger charge is -2.53. The Morgan fingerprint density at radius 3 is 2.71 bits per heavy atom.